The zero-order chi connectivity index (χ0) is 18.1. The van der Waals surface area contributed by atoms with Gasteiger partial charge in [0, 0.05) is 11.8 Å². The second-order valence-electron chi connectivity index (χ2n) is 5.28. The molecule has 1 aromatic carbocycles. The maximum Gasteiger partial charge on any atom is 0.434 e. The quantitative estimate of drug-likeness (QED) is 0.891. The fourth-order valence-electron chi connectivity index (χ4n) is 2.53. The van der Waals surface area contributed by atoms with Crippen LogP contribution >= 0.6 is 0 Å². The van der Waals surface area contributed by atoms with E-state index in [4.69, 9.17) is 0 Å². The van der Waals surface area contributed by atoms with Gasteiger partial charge in [-0.15, -0.1) is 0 Å². The largest absolute Gasteiger partial charge is 0.434 e. The highest BCUT2D eigenvalue weighted by molar-refractivity contribution is 5.92. The highest BCUT2D eigenvalue weighted by Crippen LogP contribution is 2.47. The lowest BCUT2D eigenvalue weighted by Gasteiger charge is -2.39. The lowest BCUT2D eigenvalue weighted by Crippen LogP contribution is -2.56. The molecule has 25 heavy (non-hydrogen) atoms. The fourth-order valence-corrected chi connectivity index (χ4v) is 2.53. The Kier molecular flexibility index (Phi) is 4.07. The van der Waals surface area contributed by atoms with E-state index in [0.29, 0.717) is 0 Å². The number of nitrogens with zero attached hydrogens (tertiary/aromatic N) is 1. The Bertz CT molecular complexity index is 811. The van der Waals surface area contributed by atoms with Crippen LogP contribution in [0.3, 0.4) is 0 Å². The molecule has 130 valence electrons. The van der Waals surface area contributed by atoms with E-state index in [1.54, 1.807) is 6.07 Å². The second kappa shape index (κ2) is 6.08. The number of ether oxygens (including phenoxy) is 1. The highest BCUT2D eigenvalue weighted by atomic mass is 19.4. The molecule has 3 rings (SSSR count). The average molecular weight is 351 g/mol. The molecule has 6 nitrogen and oxygen atoms in total. The summed E-state index contributed by atoms with van der Waals surface area (Å²) < 4.78 is 46.1. The Hall–Kier alpha value is -3.10. The maximum absolute atomic E-state index is 13.8. The number of aromatic nitrogens is 1. The van der Waals surface area contributed by atoms with Gasteiger partial charge < -0.3 is 10.1 Å². The second-order valence-corrected chi connectivity index (χ2v) is 5.28. The van der Waals surface area contributed by atoms with Crippen molar-refractivity contribution in [3.8, 4) is 0 Å². The standard InChI is InChI=1S/C16H12F3N3O3/c17-16(18,19)15(9-21-13(23)12-7-3-4-8-20-12)10-5-1-2-6-11(10)22-14(24)25-15/h1-8H,9H2,(H,21,23)(H,22,24). The first kappa shape index (κ1) is 16.7. The Morgan fingerprint density at radius 1 is 1.20 bits per heavy atom. The van der Waals surface area contributed by atoms with Crippen molar-refractivity contribution in [1.29, 1.82) is 0 Å². The summed E-state index contributed by atoms with van der Waals surface area (Å²) in [6, 6.07) is 9.85. The third-order valence-corrected chi connectivity index (χ3v) is 3.72. The molecule has 0 saturated carbocycles. The van der Waals surface area contributed by atoms with Crippen LogP contribution in [0.4, 0.5) is 23.7 Å². The van der Waals surface area contributed by atoms with Crippen molar-refractivity contribution in [2.24, 2.45) is 0 Å². The van der Waals surface area contributed by atoms with Gasteiger partial charge in [-0.3, -0.25) is 15.1 Å². The van der Waals surface area contributed by atoms with E-state index in [9.17, 15) is 22.8 Å². The van der Waals surface area contributed by atoms with E-state index in [-0.39, 0.29) is 16.9 Å². The van der Waals surface area contributed by atoms with Crippen LogP contribution < -0.4 is 10.6 Å². The van der Waals surface area contributed by atoms with Crippen molar-refractivity contribution >= 4 is 17.7 Å². The van der Waals surface area contributed by atoms with Gasteiger partial charge >= 0.3 is 12.3 Å². The van der Waals surface area contributed by atoms with Gasteiger partial charge in [0.05, 0.1) is 12.2 Å². The number of benzene rings is 1. The number of fused-ring (bicyclic) bond motifs is 1. The number of pyridine rings is 1. The monoisotopic (exact) mass is 351 g/mol. The number of alkyl halides is 3. The van der Waals surface area contributed by atoms with Gasteiger partial charge in [-0.1, -0.05) is 24.3 Å². The summed E-state index contributed by atoms with van der Waals surface area (Å²) in [6.07, 6.45) is -4.85. The lowest BCUT2D eigenvalue weighted by atomic mass is 9.89. The summed E-state index contributed by atoms with van der Waals surface area (Å²) in [4.78, 5) is 27.5. The molecule has 0 aliphatic carbocycles. The van der Waals surface area contributed by atoms with Crippen molar-refractivity contribution < 1.29 is 27.5 Å². The molecule has 2 amide bonds. The number of hydrogen-bond donors (Lipinski definition) is 2. The van der Waals surface area contributed by atoms with E-state index in [1.807, 2.05) is 0 Å². The third kappa shape index (κ3) is 3.00. The van der Waals surface area contributed by atoms with E-state index in [1.165, 1.54) is 42.6 Å². The number of carbonyl (C=O) groups is 2. The molecule has 9 heteroatoms. The van der Waals surface area contributed by atoms with Crippen molar-refractivity contribution in [2.75, 3.05) is 11.9 Å². The van der Waals surface area contributed by atoms with E-state index in [0.717, 1.165) is 0 Å². The lowest BCUT2D eigenvalue weighted by molar-refractivity contribution is -0.261. The molecule has 0 radical (unpaired) electrons. The topological polar surface area (TPSA) is 80.3 Å². The van der Waals surface area contributed by atoms with Gasteiger partial charge in [-0.25, -0.2) is 4.79 Å². The van der Waals surface area contributed by atoms with Crippen LogP contribution in [0.25, 0.3) is 0 Å². The van der Waals surface area contributed by atoms with Gasteiger partial charge in [-0.2, -0.15) is 13.2 Å². The van der Waals surface area contributed by atoms with Crippen molar-refractivity contribution in [1.82, 2.24) is 10.3 Å². The van der Waals surface area contributed by atoms with Gasteiger partial charge in [-0.05, 0) is 18.2 Å². The van der Waals surface area contributed by atoms with Crippen LogP contribution in [-0.4, -0.2) is 29.7 Å². The molecule has 0 spiro atoms. The van der Waals surface area contributed by atoms with Gasteiger partial charge in [0.2, 0.25) is 0 Å². The summed E-state index contributed by atoms with van der Waals surface area (Å²) in [6.45, 7) is -0.976. The van der Waals surface area contributed by atoms with E-state index >= 15 is 0 Å². The molecule has 1 aliphatic rings. The first-order valence-electron chi connectivity index (χ1n) is 7.19. The zero-order valence-electron chi connectivity index (χ0n) is 12.6. The van der Waals surface area contributed by atoms with E-state index in [2.05, 4.69) is 20.4 Å². The average Bonchev–Trinajstić information content (AvgIpc) is 2.59. The number of anilines is 1. The smallest absolute Gasteiger partial charge is 0.426 e. The number of cyclic esters (lactones) is 1. The number of halogens is 3. The summed E-state index contributed by atoms with van der Waals surface area (Å²) in [7, 11) is 0. The molecule has 0 fully saturated rings. The first-order chi connectivity index (χ1) is 11.8. The third-order valence-electron chi connectivity index (χ3n) is 3.72. The minimum absolute atomic E-state index is 0.0249. The Balaban J connectivity index is 1.96. The number of rotatable bonds is 3. The summed E-state index contributed by atoms with van der Waals surface area (Å²) in [5.74, 6) is -0.809. The van der Waals surface area contributed by atoms with Crippen molar-refractivity contribution in [3.05, 3.63) is 59.9 Å². The predicted octanol–water partition coefficient (Wildman–Crippen LogP) is 2.83. The highest BCUT2D eigenvalue weighted by Gasteiger charge is 2.62. The maximum atomic E-state index is 13.8. The molecular formula is C16H12F3N3O3. The number of hydrogen-bond acceptors (Lipinski definition) is 4. The fraction of sp³-hybridized carbons (Fsp3) is 0.188. The summed E-state index contributed by atoms with van der Waals surface area (Å²) in [5.41, 5.74) is -3.35. The Morgan fingerprint density at radius 3 is 2.60 bits per heavy atom. The molecule has 0 saturated heterocycles. The predicted molar refractivity (Wildman–Crippen MR) is 80.8 cm³/mol. The first-order valence-corrected chi connectivity index (χ1v) is 7.19. The molecular weight excluding hydrogens is 339 g/mol. The Morgan fingerprint density at radius 2 is 1.92 bits per heavy atom. The van der Waals surface area contributed by atoms with Crippen LogP contribution in [-0.2, 0) is 10.3 Å². The molecule has 1 atom stereocenters. The molecule has 1 aromatic heterocycles. The van der Waals surface area contributed by atoms with Crippen LogP contribution in [0, 0.1) is 0 Å². The van der Waals surface area contributed by atoms with Gasteiger partial charge in [0.25, 0.3) is 11.5 Å². The summed E-state index contributed by atoms with van der Waals surface area (Å²) >= 11 is 0. The number of carbonyl (C=O) groups excluding carboxylic acids is 2. The number of amides is 2. The van der Waals surface area contributed by atoms with Gasteiger partial charge in [0.15, 0.2) is 0 Å². The molecule has 2 aromatic rings. The van der Waals surface area contributed by atoms with Crippen molar-refractivity contribution in [2.45, 2.75) is 11.8 Å². The molecule has 2 heterocycles. The molecule has 1 unspecified atom stereocenters. The van der Waals surface area contributed by atoms with Crippen LogP contribution in [0.2, 0.25) is 0 Å². The van der Waals surface area contributed by atoms with Crippen LogP contribution in [0.1, 0.15) is 16.1 Å². The number of para-hydroxylation sites is 1. The summed E-state index contributed by atoms with van der Waals surface area (Å²) in [5, 5.41) is 4.37. The SMILES string of the molecule is O=C1Nc2ccccc2C(CNC(=O)c2ccccn2)(C(F)(F)F)O1. The van der Waals surface area contributed by atoms with Crippen LogP contribution in [0.5, 0.6) is 0 Å². The zero-order valence-corrected chi connectivity index (χ0v) is 12.6. The van der Waals surface area contributed by atoms with Gasteiger partial charge in [0.1, 0.15) is 5.69 Å². The molecule has 1 aliphatic heterocycles. The van der Waals surface area contributed by atoms with E-state index < -0.39 is 30.3 Å². The molecule has 2 N–H and O–H groups in total. The van der Waals surface area contributed by atoms with Crippen LogP contribution in [0.15, 0.2) is 48.7 Å². The number of nitrogens with one attached hydrogen (secondary N) is 2. The minimum Gasteiger partial charge on any atom is -0.426 e. The molecule has 0 bridgehead atoms. The van der Waals surface area contributed by atoms with Crippen molar-refractivity contribution in [3.63, 3.8) is 0 Å². The minimum atomic E-state index is -4.95. The Labute approximate surface area is 140 Å². The normalized spacial score (nSPS) is 19.4.